The molecule has 0 unspecified atom stereocenters. The van der Waals surface area contributed by atoms with E-state index in [4.69, 9.17) is 4.74 Å². The maximum absolute atomic E-state index is 13.1. The topological polar surface area (TPSA) is 49.9 Å². The second-order valence-corrected chi connectivity index (χ2v) is 7.93. The second kappa shape index (κ2) is 8.37. The minimum atomic E-state index is -0.164. The molecule has 0 aliphatic carbocycles. The number of ether oxygens (including phenoxy) is 1. The molecule has 0 spiro atoms. The van der Waals surface area contributed by atoms with Gasteiger partial charge >= 0.3 is 0 Å². The molecule has 0 aromatic heterocycles. The fourth-order valence-corrected chi connectivity index (χ4v) is 4.12. The number of carbonyl (C=O) groups excluding carboxylic acids is 2. The molecule has 2 amide bonds. The van der Waals surface area contributed by atoms with Crippen molar-refractivity contribution in [3.63, 3.8) is 0 Å². The van der Waals surface area contributed by atoms with Crippen molar-refractivity contribution in [3.05, 3.63) is 39.8 Å². The van der Waals surface area contributed by atoms with E-state index < -0.39 is 0 Å². The summed E-state index contributed by atoms with van der Waals surface area (Å²) >= 11 is 1.46. The van der Waals surface area contributed by atoms with Crippen LogP contribution in [-0.2, 0) is 14.3 Å². The Labute approximate surface area is 159 Å². The van der Waals surface area contributed by atoms with E-state index in [1.165, 1.54) is 22.2 Å². The molecule has 6 heteroatoms. The number of thioether (sulfide) groups is 1. The molecule has 140 valence electrons. The lowest BCUT2D eigenvalue weighted by molar-refractivity contribution is -0.136. The largest absolute Gasteiger partial charge is 0.379 e. The van der Waals surface area contributed by atoms with Crippen LogP contribution in [-0.4, -0.2) is 66.8 Å². The van der Waals surface area contributed by atoms with Gasteiger partial charge in [0, 0.05) is 26.2 Å². The van der Waals surface area contributed by atoms with Crippen LogP contribution in [0.15, 0.2) is 23.1 Å². The molecule has 3 rings (SSSR count). The molecule has 1 aromatic rings. The Morgan fingerprint density at radius 1 is 1.04 bits per heavy atom. The number of amides is 2. The first-order valence-electron chi connectivity index (χ1n) is 9.14. The molecule has 1 aromatic carbocycles. The predicted molar refractivity (Wildman–Crippen MR) is 105 cm³/mol. The SMILES string of the molecule is CCSC1=C(c2ccc(C)c(C)c2)C(=O)N(CCN2CCOCC2)C1=O. The van der Waals surface area contributed by atoms with Crippen LogP contribution in [0.5, 0.6) is 0 Å². The van der Waals surface area contributed by atoms with Gasteiger partial charge in [-0.25, -0.2) is 0 Å². The predicted octanol–water partition coefficient (Wildman–Crippen LogP) is 2.47. The highest BCUT2D eigenvalue weighted by Crippen LogP contribution is 2.36. The van der Waals surface area contributed by atoms with Crippen molar-refractivity contribution in [2.24, 2.45) is 0 Å². The molecule has 0 saturated carbocycles. The van der Waals surface area contributed by atoms with Gasteiger partial charge in [-0.15, -0.1) is 11.8 Å². The molecular formula is C20H26N2O3S. The number of hydrogen-bond donors (Lipinski definition) is 0. The van der Waals surface area contributed by atoms with Crippen molar-refractivity contribution in [1.29, 1.82) is 0 Å². The number of nitrogens with zero attached hydrogens (tertiary/aromatic N) is 2. The first-order chi connectivity index (χ1) is 12.5. The number of aryl methyl sites for hydroxylation is 2. The maximum Gasteiger partial charge on any atom is 0.268 e. The fourth-order valence-electron chi connectivity index (χ4n) is 3.25. The van der Waals surface area contributed by atoms with E-state index in [0.717, 1.165) is 30.0 Å². The highest BCUT2D eigenvalue weighted by atomic mass is 32.2. The summed E-state index contributed by atoms with van der Waals surface area (Å²) in [6.07, 6.45) is 0. The standard InChI is InChI=1S/C20H26N2O3S/c1-4-26-18-17(16-6-5-14(2)15(3)13-16)19(23)22(20(18)24)8-7-21-9-11-25-12-10-21/h5-6,13H,4,7-12H2,1-3H3. The maximum atomic E-state index is 13.1. The fraction of sp³-hybridized carbons (Fsp3) is 0.500. The molecule has 2 aliphatic heterocycles. The molecule has 0 N–H and O–H groups in total. The lowest BCUT2D eigenvalue weighted by Gasteiger charge is -2.28. The summed E-state index contributed by atoms with van der Waals surface area (Å²) in [7, 11) is 0. The summed E-state index contributed by atoms with van der Waals surface area (Å²) in [6, 6.07) is 5.97. The van der Waals surface area contributed by atoms with E-state index >= 15 is 0 Å². The summed E-state index contributed by atoms with van der Waals surface area (Å²) < 4.78 is 5.36. The van der Waals surface area contributed by atoms with Crippen LogP contribution in [0.3, 0.4) is 0 Å². The second-order valence-electron chi connectivity index (χ2n) is 6.65. The Morgan fingerprint density at radius 2 is 1.77 bits per heavy atom. The number of morpholine rings is 1. The highest BCUT2D eigenvalue weighted by Gasteiger charge is 2.38. The van der Waals surface area contributed by atoms with Crippen LogP contribution >= 0.6 is 11.8 Å². The van der Waals surface area contributed by atoms with Gasteiger partial charge in [0.05, 0.1) is 23.7 Å². The molecule has 2 aliphatic rings. The van der Waals surface area contributed by atoms with Crippen LogP contribution < -0.4 is 0 Å². The molecule has 1 saturated heterocycles. The third-order valence-electron chi connectivity index (χ3n) is 4.95. The molecule has 1 fully saturated rings. The number of carbonyl (C=O) groups is 2. The normalized spacial score (nSPS) is 19.0. The van der Waals surface area contributed by atoms with Crippen LogP contribution in [0, 0.1) is 13.8 Å². The number of hydrogen-bond acceptors (Lipinski definition) is 5. The van der Waals surface area contributed by atoms with Gasteiger partial charge in [-0.3, -0.25) is 19.4 Å². The van der Waals surface area contributed by atoms with E-state index in [1.807, 2.05) is 39.0 Å². The van der Waals surface area contributed by atoms with E-state index in [9.17, 15) is 9.59 Å². The van der Waals surface area contributed by atoms with E-state index in [0.29, 0.717) is 36.8 Å². The summed E-state index contributed by atoms with van der Waals surface area (Å²) in [5.41, 5.74) is 3.71. The minimum Gasteiger partial charge on any atom is -0.379 e. The Balaban J connectivity index is 1.82. The van der Waals surface area contributed by atoms with Crippen molar-refractivity contribution in [2.75, 3.05) is 45.1 Å². The number of benzene rings is 1. The first-order valence-corrected chi connectivity index (χ1v) is 10.1. The Morgan fingerprint density at radius 3 is 2.42 bits per heavy atom. The van der Waals surface area contributed by atoms with Crippen molar-refractivity contribution in [3.8, 4) is 0 Å². The first kappa shape index (κ1) is 19.1. The smallest absolute Gasteiger partial charge is 0.268 e. The van der Waals surface area contributed by atoms with Crippen molar-refractivity contribution < 1.29 is 14.3 Å². The molecule has 0 radical (unpaired) electrons. The average molecular weight is 375 g/mol. The molecule has 2 heterocycles. The van der Waals surface area contributed by atoms with Gasteiger partial charge in [0.15, 0.2) is 0 Å². The van der Waals surface area contributed by atoms with Crippen LogP contribution in [0.25, 0.3) is 5.57 Å². The zero-order chi connectivity index (χ0) is 18.7. The molecule has 5 nitrogen and oxygen atoms in total. The summed E-state index contributed by atoms with van der Waals surface area (Å²) in [6.45, 7) is 10.3. The van der Waals surface area contributed by atoms with Crippen molar-refractivity contribution in [1.82, 2.24) is 9.80 Å². The number of rotatable bonds is 6. The molecule has 26 heavy (non-hydrogen) atoms. The third-order valence-corrected chi connectivity index (χ3v) is 5.91. The lowest BCUT2D eigenvalue weighted by atomic mass is 10.0. The van der Waals surface area contributed by atoms with Gasteiger partial charge in [0.25, 0.3) is 11.8 Å². The lowest BCUT2D eigenvalue weighted by Crippen LogP contribution is -2.43. The van der Waals surface area contributed by atoms with Gasteiger partial charge in [0.2, 0.25) is 0 Å². The van der Waals surface area contributed by atoms with E-state index in [-0.39, 0.29) is 11.8 Å². The highest BCUT2D eigenvalue weighted by molar-refractivity contribution is 8.04. The third kappa shape index (κ3) is 3.87. The summed E-state index contributed by atoms with van der Waals surface area (Å²) in [4.78, 5) is 30.2. The van der Waals surface area contributed by atoms with E-state index in [1.54, 1.807) is 0 Å². The quantitative estimate of drug-likeness (QED) is 0.716. The number of imide groups is 1. The summed E-state index contributed by atoms with van der Waals surface area (Å²) in [5.74, 6) is 0.450. The Kier molecular flexibility index (Phi) is 6.16. The van der Waals surface area contributed by atoms with Crippen LogP contribution in [0.4, 0.5) is 0 Å². The van der Waals surface area contributed by atoms with Crippen molar-refractivity contribution in [2.45, 2.75) is 20.8 Å². The van der Waals surface area contributed by atoms with Crippen LogP contribution in [0.1, 0.15) is 23.6 Å². The zero-order valence-electron chi connectivity index (χ0n) is 15.7. The van der Waals surface area contributed by atoms with Gasteiger partial charge in [-0.2, -0.15) is 0 Å². The molecular weight excluding hydrogens is 348 g/mol. The Hall–Kier alpha value is -1.63. The monoisotopic (exact) mass is 374 g/mol. The van der Waals surface area contributed by atoms with E-state index in [2.05, 4.69) is 4.90 Å². The van der Waals surface area contributed by atoms with Gasteiger partial charge in [0.1, 0.15) is 0 Å². The molecule has 0 bridgehead atoms. The Bertz CT molecular complexity index is 739. The van der Waals surface area contributed by atoms with Gasteiger partial charge in [-0.1, -0.05) is 25.1 Å². The zero-order valence-corrected chi connectivity index (χ0v) is 16.5. The average Bonchev–Trinajstić information content (AvgIpc) is 2.87. The summed E-state index contributed by atoms with van der Waals surface area (Å²) in [5, 5.41) is 0. The van der Waals surface area contributed by atoms with Crippen LogP contribution in [0.2, 0.25) is 0 Å². The van der Waals surface area contributed by atoms with Gasteiger partial charge < -0.3 is 4.74 Å². The minimum absolute atomic E-state index is 0.150. The molecule has 0 atom stereocenters. The van der Waals surface area contributed by atoms with Gasteiger partial charge in [-0.05, 0) is 36.3 Å². The van der Waals surface area contributed by atoms with Crippen molar-refractivity contribution >= 4 is 29.1 Å².